The molecular formula is C36H38O14. The molecule has 0 bridgehead atoms. The van der Waals surface area contributed by atoms with Crippen LogP contribution < -0.4 is 0 Å². The van der Waals surface area contributed by atoms with E-state index in [9.17, 15) is 19.8 Å². The van der Waals surface area contributed by atoms with Gasteiger partial charge in [-0.2, -0.15) is 0 Å². The molecule has 3 aromatic carbocycles. The lowest BCUT2D eigenvalue weighted by Crippen LogP contribution is -2.63. The molecule has 4 saturated heterocycles. The molecule has 12 atom stereocenters. The highest BCUT2D eigenvalue weighted by Gasteiger charge is 2.53. The number of rotatable bonds is 8. The van der Waals surface area contributed by atoms with E-state index in [2.05, 4.69) is 0 Å². The summed E-state index contributed by atoms with van der Waals surface area (Å²) in [5.41, 5.74) is 1.70. The van der Waals surface area contributed by atoms with Crippen LogP contribution in [0.2, 0.25) is 0 Å². The van der Waals surface area contributed by atoms with Crippen molar-refractivity contribution in [3.63, 3.8) is 0 Å². The Bertz CT molecular complexity index is 1470. The van der Waals surface area contributed by atoms with Gasteiger partial charge in [-0.1, -0.05) is 60.7 Å². The number of benzene rings is 3. The van der Waals surface area contributed by atoms with Crippen LogP contribution in [0.4, 0.5) is 0 Å². The lowest BCUT2D eigenvalue weighted by atomic mass is 9.97. The van der Waals surface area contributed by atoms with Gasteiger partial charge in [0.1, 0.15) is 36.6 Å². The maximum absolute atomic E-state index is 13.2. The molecule has 0 aliphatic carbocycles. The first-order valence-electron chi connectivity index (χ1n) is 16.2. The highest BCUT2D eigenvalue weighted by atomic mass is 16.8. The van der Waals surface area contributed by atoms with E-state index in [1.165, 1.54) is 38.5 Å². The molecule has 14 heteroatoms. The van der Waals surface area contributed by atoms with Crippen LogP contribution in [0, 0.1) is 0 Å². The third kappa shape index (κ3) is 7.05. The van der Waals surface area contributed by atoms with Crippen molar-refractivity contribution in [2.75, 3.05) is 27.4 Å². The average molecular weight is 695 g/mol. The zero-order valence-electron chi connectivity index (χ0n) is 27.2. The summed E-state index contributed by atoms with van der Waals surface area (Å²) in [5.74, 6) is -1.59. The summed E-state index contributed by atoms with van der Waals surface area (Å²) in [6.45, 7) is 0.261. The zero-order chi connectivity index (χ0) is 34.8. The molecule has 50 heavy (non-hydrogen) atoms. The Morgan fingerprint density at radius 2 is 0.960 bits per heavy atom. The topological polar surface area (TPSA) is 167 Å². The van der Waals surface area contributed by atoms with Crippen molar-refractivity contribution in [2.45, 2.75) is 74.0 Å². The third-order valence-electron chi connectivity index (χ3n) is 9.07. The Hall–Kier alpha value is -3.80. The van der Waals surface area contributed by atoms with Crippen molar-refractivity contribution in [3.8, 4) is 0 Å². The van der Waals surface area contributed by atoms with Crippen LogP contribution in [0.5, 0.6) is 0 Å². The predicted octanol–water partition coefficient (Wildman–Crippen LogP) is 2.43. The molecule has 4 aliphatic heterocycles. The van der Waals surface area contributed by atoms with Crippen LogP contribution in [-0.4, -0.2) is 111 Å². The number of ether oxygens (including phenoxy) is 10. The summed E-state index contributed by atoms with van der Waals surface area (Å²) in [7, 11) is 2.74. The number of esters is 2. The molecule has 0 spiro atoms. The van der Waals surface area contributed by atoms with E-state index in [0.717, 1.165) is 11.1 Å². The Balaban J connectivity index is 0.986. The average Bonchev–Trinajstić information content (AvgIpc) is 3.17. The van der Waals surface area contributed by atoms with Gasteiger partial charge in [0.25, 0.3) is 0 Å². The van der Waals surface area contributed by atoms with Crippen LogP contribution in [0.15, 0.2) is 84.9 Å². The van der Waals surface area contributed by atoms with Crippen LogP contribution in [0.3, 0.4) is 0 Å². The number of fused-ring (bicyclic) bond motifs is 2. The Labute approximate surface area is 287 Å². The minimum absolute atomic E-state index is 0.0852. The fourth-order valence-corrected chi connectivity index (χ4v) is 6.45. The van der Waals surface area contributed by atoms with Gasteiger partial charge in [0.2, 0.25) is 0 Å². The standard InChI is InChI=1S/C36H38O14/c1-41-35-29(25(37)27-23(45-35)17-43-33(49-27)21-9-5-3-6-10-21)47-31(39)19-13-15-20(16-14-19)32(40)48-30-26(38)28-24(46-36(30)42-2)18-44-34(50-28)22-11-7-4-8-12-22/h3-16,23-30,33-38H,17-18H2,1-2H3/t23-,24-,25-,26-,27-,28-,29-,30-,33?,34?,35+,36+/m1/s1. The van der Waals surface area contributed by atoms with Gasteiger partial charge in [0.15, 0.2) is 37.4 Å². The molecule has 7 rings (SSSR count). The molecule has 2 N–H and O–H groups in total. The van der Waals surface area contributed by atoms with E-state index in [4.69, 9.17) is 47.4 Å². The summed E-state index contributed by atoms with van der Waals surface area (Å²) >= 11 is 0. The molecule has 14 nitrogen and oxygen atoms in total. The summed E-state index contributed by atoms with van der Waals surface area (Å²) in [5, 5.41) is 22.5. The van der Waals surface area contributed by atoms with Gasteiger partial charge in [-0.15, -0.1) is 0 Å². The maximum atomic E-state index is 13.2. The number of hydrogen-bond acceptors (Lipinski definition) is 14. The Kier molecular flexibility index (Phi) is 10.5. The quantitative estimate of drug-likeness (QED) is 0.330. The second kappa shape index (κ2) is 15.2. The van der Waals surface area contributed by atoms with Crippen molar-refractivity contribution in [1.29, 1.82) is 0 Å². The van der Waals surface area contributed by atoms with E-state index < -0.39 is 85.9 Å². The number of hydrogen-bond donors (Lipinski definition) is 2. The van der Waals surface area contributed by atoms with Gasteiger partial charge in [-0.25, -0.2) is 9.59 Å². The van der Waals surface area contributed by atoms with E-state index >= 15 is 0 Å². The minimum atomic E-state index is -1.30. The first-order valence-corrected chi connectivity index (χ1v) is 16.2. The van der Waals surface area contributed by atoms with Crippen molar-refractivity contribution in [2.24, 2.45) is 0 Å². The molecule has 266 valence electrons. The van der Waals surface area contributed by atoms with Gasteiger partial charge in [0.05, 0.1) is 24.3 Å². The number of aliphatic hydroxyl groups is 2. The smallest absolute Gasteiger partial charge is 0.338 e. The number of methoxy groups -OCH3 is 2. The number of carbonyl (C=O) groups is 2. The van der Waals surface area contributed by atoms with E-state index in [0.29, 0.717) is 0 Å². The zero-order valence-corrected chi connectivity index (χ0v) is 27.2. The molecule has 4 aliphatic rings. The molecule has 0 radical (unpaired) electrons. The summed E-state index contributed by atoms with van der Waals surface area (Å²) in [4.78, 5) is 26.5. The predicted molar refractivity (Wildman–Crippen MR) is 168 cm³/mol. The van der Waals surface area contributed by atoms with Gasteiger partial charge in [0, 0.05) is 25.3 Å². The van der Waals surface area contributed by atoms with Gasteiger partial charge >= 0.3 is 11.9 Å². The number of carbonyl (C=O) groups excluding carboxylic acids is 2. The second-order valence-corrected chi connectivity index (χ2v) is 12.2. The highest BCUT2D eigenvalue weighted by Crippen LogP contribution is 2.37. The van der Waals surface area contributed by atoms with E-state index in [-0.39, 0.29) is 24.3 Å². The monoisotopic (exact) mass is 694 g/mol. The molecule has 0 amide bonds. The van der Waals surface area contributed by atoms with Crippen molar-refractivity contribution in [1.82, 2.24) is 0 Å². The molecule has 0 saturated carbocycles. The summed E-state index contributed by atoms with van der Waals surface area (Å²) < 4.78 is 57.7. The SMILES string of the molecule is CO[C@H]1O[C@@H]2COC(c3ccccc3)O[C@H]2[C@@H](O)[C@H]1OC(=O)c1ccc(C(=O)O[C@H]2[C@@H](OC)O[C@@H]3COC(c4ccccc4)O[C@H]3[C@H]2O)cc1. The molecule has 4 fully saturated rings. The lowest BCUT2D eigenvalue weighted by molar-refractivity contribution is -0.357. The summed E-state index contributed by atoms with van der Waals surface area (Å²) in [6, 6.07) is 24.0. The Morgan fingerprint density at radius 1 is 0.580 bits per heavy atom. The fourth-order valence-electron chi connectivity index (χ4n) is 6.45. The van der Waals surface area contributed by atoms with Gasteiger partial charge in [-0.05, 0) is 24.3 Å². The third-order valence-corrected chi connectivity index (χ3v) is 9.07. The molecule has 3 aromatic rings. The maximum Gasteiger partial charge on any atom is 0.338 e. The Morgan fingerprint density at radius 3 is 1.32 bits per heavy atom. The van der Waals surface area contributed by atoms with Crippen molar-refractivity contribution in [3.05, 3.63) is 107 Å². The molecule has 0 aromatic heterocycles. The van der Waals surface area contributed by atoms with E-state index in [1.54, 1.807) is 0 Å². The van der Waals surface area contributed by atoms with Crippen molar-refractivity contribution >= 4 is 11.9 Å². The van der Waals surface area contributed by atoms with Gasteiger partial charge in [-0.3, -0.25) is 0 Å². The van der Waals surface area contributed by atoms with Crippen LogP contribution in [0.1, 0.15) is 44.4 Å². The first-order chi connectivity index (χ1) is 24.3. The fraction of sp³-hybridized carbons (Fsp3) is 0.444. The molecule has 4 heterocycles. The first kappa shape index (κ1) is 34.6. The summed E-state index contributed by atoms with van der Waals surface area (Å²) in [6.07, 6.45) is -11.8. The lowest BCUT2D eigenvalue weighted by Gasteiger charge is -2.46. The number of aliphatic hydroxyl groups excluding tert-OH is 2. The van der Waals surface area contributed by atoms with Crippen LogP contribution >= 0.6 is 0 Å². The van der Waals surface area contributed by atoms with Crippen molar-refractivity contribution < 1.29 is 67.2 Å². The van der Waals surface area contributed by atoms with E-state index in [1.807, 2.05) is 60.7 Å². The minimum Gasteiger partial charge on any atom is -0.450 e. The highest BCUT2D eigenvalue weighted by molar-refractivity contribution is 5.93. The normalized spacial score (nSPS) is 35.3. The molecular weight excluding hydrogens is 656 g/mol. The largest absolute Gasteiger partial charge is 0.450 e. The van der Waals surface area contributed by atoms with Crippen LogP contribution in [-0.2, 0) is 47.4 Å². The van der Waals surface area contributed by atoms with Crippen LogP contribution in [0.25, 0.3) is 0 Å². The van der Waals surface area contributed by atoms with Gasteiger partial charge < -0.3 is 57.6 Å². The second-order valence-electron chi connectivity index (χ2n) is 12.2. The molecule has 2 unspecified atom stereocenters.